The highest BCUT2D eigenvalue weighted by atomic mass is 19.1. The summed E-state index contributed by atoms with van der Waals surface area (Å²) in [5.41, 5.74) is 1.16. The molecule has 0 radical (unpaired) electrons. The second-order valence-corrected chi connectivity index (χ2v) is 6.08. The fourth-order valence-corrected chi connectivity index (χ4v) is 3.37. The van der Waals surface area contributed by atoms with Crippen molar-refractivity contribution in [2.45, 2.75) is 57.9 Å². The maximum absolute atomic E-state index is 13.6. The van der Waals surface area contributed by atoms with Crippen LogP contribution in [-0.2, 0) is 0 Å². The molecule has 1 atom stereocenters. The number of benzene rings is 1. The summed E-state index contributed by atoms with van der Waals surface area (Å²) in [4.78, 5) is 0. The van der Waals surface area contributed by atoms with E-state index in [4.69, 9.17) is 4.74 Å². The molecule has 1 aromatic rings. The van der Waals surface area contributed by atoms with E-state index in [2.05, 4.69) is 12.2 Å². The molecule has 1 aliphatic carbocycles. The van der Waals surface area contributed by atoms with Gasteiger partial charge >= 0.3 is 0 Å². The molecule has 1 unspecified atom stereocenters. The smallest absolute Gasteiger partial charge is 0.165 e. The Morgan fingerprint density at radius 2 is 1.95 bits per heavy atom. The van der Waals surface area contributed by atoms with E-state index in [1.807, 2.05) is 12.1 Å². The van der Waals surface area contributed by atoms with Gasteiger partial charge in [0, 0.05) is 6.04 Å². The molecule has 1 N–H and O–H groups in total. The summed E-state index contributed by atoms with van der Waals surface area (Å²) in [5, 5.41) is 3.68. The Labute approximate surface area is 128 Å². The zero-order valence-electron chi connectivity index (χ0n) is 13.3. The van der Waals surface area contributed by atoms with Crippen molar-refractivity contribution in [2.24, 2.45) is 5.92 Å². The van der Waals surface area contributed by atoms with Gasteiger partial charge in [-0.3, -0.25) is 0 Å². The first-order chi connectivity index (χ1) is 10.3. The lowest BCUT2D eigenvalue weighted by molar-refractivity contribution is 0.323. The van der Waals surface area contributed by atoms with Crippen molar-refractivity contribution in [3.05, 3.63) is 29.6 Å². The summed E-state index contributed by atoms with van der Waals surface area (Å²) in [7, 11) is 1.53. The number of ether oxygens (including phenoxy) is 1. The van der Waals surface area contributed by atoms with Gasteiger partial charge in [0.25, 0.3) is 0 Å². The lowest BCUT2D eigenvalue weighted by Gasteiger charge is -2.28. The topological polar surface area (TPSA) is 21.3 Å². The van der Waals surface area contributed by atoms with Gasteiger partial charge in [-0.25, -0.2) is 4.39 Å². The van der Waals surface area contributed by atoms with Gasteiger partial charge in [0.05, 0.1) is 7.11 Å². The van der Waals surface area contributed by atoms with Crippen molar-refractivity contribution in [1.82, 2.24) is 5.32 Å². The second-order valence-electron chi connectivity index (χ2n) is 6.08. The van der Waals surface area contributed by atoms with E-state index in [0.29, 0.717) is 17.7 Å². The largest absolute Gasteiger partial charge is 0.494 e. The number of methoxy groups -OCH3 is 1. The SMILES string of the molecule is CCCNC(c1ccc(F)c(OC)c1)C1CCCCCC1. The molecule has 0 bridgehead atoms. The normalized spacial score (nSPS) is 18.2. The molecule has 1 aliphatic rings. The standard InChI is InChI=1S/C18H28FNO/c1-3-12-20-18(14-8-6-4-5-7-9-14)15-10-11-16(19)17(13-15)21-2/h10-11,13-14,18,20H,3-9,12H2,1-2H3. The Bertz CT molecular complexity index is 427. The first-order valence-electron chi connectivity index (χ1n) is 8.33. The Morgan fingerprint density at radius 3 is 2.57 bits per heavy atom. The zero-order chi connectivity index (χ0) is 15.1. The van der Waals surface area contributed by atoms with E-state index in [1.165, 1.54) is 51.7 Å². The van der Waals surface area contributed by atoms with Crippen LogP contribution in [0, 0.1) is 11.7 Å². The van der Waals surface area contributed by atoms with Crippen LogP contribution in [-0.4, -0.2) is 13.7 Å². The Morgan fingerprint density at radius 1 is 1.24 bits per heavy atom. The molecule has 2 rings (SSSR count). The van der Waals surface area contributed by atoms with Crippen molar-refractivity contribution in [3.8, 4) is 5.75 Å². The number of halogens is 1. The fraction of sp³-hybridized carbons (Fsp3) is 0.667. The summed E-state index contributed by atoms with van der Waals surface area (Å²) in [6.45, 7) is 3.18. The summed E-state index contributed by atoms with van der Waals surface area (Å²) < 4.78 is 18.8. The van der Waals surface area contributed by atoms with Crippen molar-refractivity contribution >= 4 is 0 Å². The summed E-state index contributed by atoms with van der Waals surface area (Å²) in [5.74, 6) is 0.718. The minimum absolute atomic E-state index is 0.281. The van der Waals surface area contributed by atoms with Gasteiger partial charge in [0.1, 0.15) is 0 Å². The van der Waals surface area contributed by atoms with E-state index >= 15 is 0 Å². The molecule has 0 aromatic heterocycles. The van der Waals surface area contributed by atoms with Gasteiger partial charge in [-0.2, -0.15) is 0 Å². The number of rotatable bonds is 6. The van der Waals surface area contributed by atoms with Gasteiger partial charge < -0.3 is 10.1 Å². The number of nitrogens with one attached hydrogen (secondary N) is 1. The molecule has 0 amide bonds. The average Bonchev–Trinajstić information content (AvgIpc) is 2.78. The van der Waals surface area contributed by atoms with E-state index < -0.39 is 0 Å². The first kappa shape index (κ1) is 16.3. The van der Waals surface area contributed by atoms with Crippen LogP contribution in [0.1, 0.15) is 63.5 Å². The molecule has 118 valence electrons. The van der Waals surface area contributed by atoms with Crippen LogP contribution in [0.5, 0.6) is 5.75 Å². The minimum atomic E-state index is -0.281. The van der Waals surface area contributed by atoms with Crippen LogP contribution in [0.2, 0.25) is 0 Å². The fourth-order valence-electron chi connectivity index (χ4n) is 3.37. The van der Waals surface area contributed by atoms with Gasteiger partial charge in [-0.05, 0) is 49.4 Å². The predicted molar refractivity (Wildman–Crippen MR) is 85.2 cm³/mol. The third-order valence-corrected chi connectivity index (χ3v) is 4.52. The second kappa shape index (κ2) is 8.38. The summed E-state index contributed by atoms with van der Waals surface area (Å²) in [6.07, 6.45) is 8.97. The molecule has 1 saturated carbocycles. The third-order valence-electron chi connectivity index (χ3n) is 4.52. The molecule has 0 heterocycles. The lowest BCUT2D eigenvalue weighted by atomic mass is 9.87. The zero-order valence-corrected chi connectivity index (χ0v) is 13.3. The highest BCUT2D eigenvalue weighted by Gasteiger charge is 2.24. The van der Waals surface area contributed by atoms with Crippen molar-refractivity contribution in [2.75, 3.05) is 13.7 Å². The molecule has 0 saturated heterocycles. The van der Waals surface area contributed by atoms with Crippen LogP contribution in [0.4, 0.5) is 4.39 Å². The maximum atomic E-state index is 13.6. The monoisotopic (exact) mass is 293 g/mol. The molecule has 1 fully saturated rings. The van der Waals surface area contributed by atoms with Crippen LogP contribution < -0.4 is 10.1 Å². The van der Waals surface area contributed by atoms with Gasteiger partial charge in [0.2, 0.25) is 0 Å². The molecule has 2 nitrogen and oxygen atoms in total. The lowest BCUT2D eigenvalue weighted by Crippen LogP contribution is -2.29. The molecule has 1 aromatic carbocycles. The molecule has 0 spiro atoms. The van der Waals surface area contributed by atoms with Crippen LogP contribution in [0.3, 0.4) is 0 Å². The van der Waals surface area contributed by atoms with Crippen LogP contribution in [0.15, 0.2) is 18.2 Å². The first-order valence-corrected chi connectivity index (χ1v) is 8.33. The van der Waals surface area contributed by atoms with Gasteiger partial charge in [-0.1, -0.05) is 38.7 Å². The third kappa shape index (κ3) is 4.44. The van der Waals surface area contributed by atoms with E-state index in [9.17, 15) is 4.39 Å². The van der Waals surface area contributed by atoms with Crippen molar-refractivity contribution in [3.63, 3.8) is 0 Å². The Hall–Kier alpha value is -1.09. The van der Waals surface area contributed by atoms with E-state index in [-0.39, 0.29) is 5.82 Å². The molecular weight excluding hydrogens is 265 g/mol. The van der Waals surface area contributed by atoms with Gasteiger partial charge in [0.15, 0.2) is 11.6 Å². The average molecular weight is 293 g/mol. The van der Waals surface area contributed by atoms with Crippen molar-refractivity contribution in [1.29, 1.82) is 0 Å². The number of hydrogen-bond donors (Lipinski definition) is 1. The van der Waals surface area contributed by atoms with Crippen LogP contribution >= 0.6 is 0 Å². The summed E-state index contributed by atoms with van der Waals surface area (Å²) in [6, 6.07) is 5.63. The van der Waals surface area contributed by atoms with Gasteiger partial charge in [-0.15, -0.1) is 0 Å². The molecule has 0 aliphatic heterocycles. The molecule has 21 heavy (non-hydrogen) atoms. The Kier molecular flexibility index (Phi) is 6.50. The van der Waals surface area contributed by atoms with E-state index in [0.717, 1.165) is 18.5 Å². The predicted octanol–water partition coefficient (Wildman–Crippen LogP) is 4.85. The number of hydrogen-bond acceptors (Lipinski definition) is 2. The maximum Gasteiger partial charge on any atom is 0.165 e. The molecular formula is C18H28FNO. The quantitative estimate of drug-likeness (QED) is 0.757. The molecule has 3 heteroatoms. The summed E-state index contributed by atoms with van der Waals surface area (Å²) >= 11 is 0. The van der Waals surface area contributed by atoms with Crippen molar-refractivity contribution < 1.29 is 9.13 Å². The highest BCUT2D eigenvalue weighted by Crippen LogP contribution is 2.35. The minimum Gasteiger partial charge on any atom is -0.494 e. The highest BCUT2D eigenvalue weighted by molar-refractivity contribution is 5.32. The van der Waals surface area contributed by atoms with E-state index in [1.54, 1.807) is 0 Å². The Balaban J connectivity index is 2.21. The van der Waals surface area contributed by atoms with Crippen LogP contribution in [0.25, 0.3) is 0 Å².